The number of allylic oxidation sites excluding steroid dienone is 1. The van der Waals surface area contributed by atoms with Gasteiger partial charge in [-0.3, -0.25) is 0 Å². The molecule has 0 aliphatic carbocycles. The summed E-state index contributed by atoms with van der Waals surface area (Å²) in [5, 5.41) is 1.60. The van der Waals surface area contributed by atoms with Crippen LogP contribution in [0.4, 0.5) is 0 Å². The van der Waals surface area contributed by atoms with E-state index < -0.39 is 0 Å². The summed E-state index contributed by atoms with van der Waals surface area (Å²) in [6.07, 6.45) is 4.88. The predicted octanol–water partition coefficient (Wildman–Crippen LogP) is 2.53. The Morgan fingerprint density at radius 1 is 1.43 bits per heavy atom. The molecule has 0 unspecified atom stereocenters. The van der Waals surface area contributed by atoms with Crippen molar-refractivity contribution in [2.75, 3.05) is 13.6 Å². The zero-order valence-corrected chi connectivity index (χ0v) is 9.67. The van der Waals surface area contributed by atoms with Crippen molar-refractivity contribution in [2.24, 2.45) is 0 Å². The topological polar surface area (TPSA) is 29.5 Å². The Kier molecular flexibility index (Phi) is 7.11. The van der Waals surface area contributed by atoms with Gasteiger partial charge in [0.25, 0.3) is 0 Å². The van der Waals surface area contributed by atoms with E-state index >= 15 is 0 Å². The molecule has 14 heavy (non-hydrogen) atoms. The van der Waals surface area contributed by atoms with Crippen molar-refractivity contribution in [1.29, 1.82) is 0 Å². The Bertz CT molecular complexity index is 199. The molecule has 0 aliphatic rings. The van der Waals surface area contributed by atoms with Crippen LogP contribution in [0.5, 0.6) is 0 Å². The molecule has 0 bridgehead atoms. The van der Waals surface area contributed by atoms with E-state index in [1.165, 1.54) is 0 Å². The Morgan fingerprint density at radius 3 is 2.57 bits per heavy atom. The van der Waals surface area contributed by atoms with E-state index in [-0.39, 0.29) is 5.97 Å². The molecule has 0 N–H and O–H groups in total. The molecule has 0 aromatic carbocycles. The van der Waals surface area contributed by atoms with Gasteiger partial charge in [-0.05, 0) is 19.8 Å². The second-order valence-corrected chi connectivity index (χ2v) is 3.38. The summed E-state index contributed by atoms with van der Waals surface area (Å²) >= 11 is 0. The molecular formula is C11H21NO2. The zero-order valence-electron chi connectivity index (χ0n) is 9.67. The highest BCUT2D eigenvalue weighted by atomic mass is 16.7. The molecule has 82 valence electrons. The second-order valence-electron chi connectivity index (χ2n) is 3.38. The largest absolute Gasteiger partial charge is 0.364 e. The predicted molar refractivity (Wildman–Crippen MR) is 57.7 cm³/mol. The number of rotatable bonds is 6. The molecule has 0 saturated carbocycles. The fraction of sp³-hybridized carbons (Fsp3) is 0.727. The highest BCUT2D eigenvalue weighted by Crippen LogP contribution is 2.01. The third kappa shape index (κ3) is 5.75. The molecule has 0 spiro atoms. The van der Waals surface area contributed by atoms with Gasteiger partial charge in [0.2, 0.25) is 0 Å². The minimum absolute atomic E-state index is 0.245. The number of nitrogens with zero attached hydrogens (tertiary/aromatic N) is 1. The van der Waals surface area contributed by atoms with Crippen LogP contribution in [0.25, 0.3) is 0 Å². The summed E-state index contributed by atoms with van der Waals surface area (Å²) in [5.74, 6) is -0.245. The second kappa shape index (κ2) is 7.56. The van der Waals surface area contributed by atoms with E-state index in [9.17, 15) is 4.79 Å². The Balaban J connectivity index is 3.87. The first-order valence-electron chi connectivity index (χ1n) is 5.22. The third-order valence-electron chi connectivity index (χ3n) is 1.90. The lowest BCUT2D eigenvalue weighted by atomic mass is 10.2. The van der Waals surface area contributed by atoms with Crippen molar-refractivity contribution in [1.82, 2.24) is 5.06 Å². The van der Waals surface area contributed by atoms with Gasteiger partial charge in [0.05, 0.1) is 0 Å². The highest BCUT2D eigenvalue weighted by molar-refractivity contribution is 5.87. The lowest BCUT2D eigenvalue weighted by molar-refractivity contribution is -0.179. The fourth-order valence-corrected chi connectivity index (χ4v) is 1.03. The average Bonchev–Trinajstić information content (AvgIpc) is 2.15. The van der Waals surface area contributed by atoms with Gasteiger partial charge in [-0.2, -0.15) is 0 Å². The first kappa shape index (κ1) is 13.2. The van der Waals surface area contributed by atoms with E-state index in [4.69, 9.17) is 4.84 Å². The van der Waals surface area contributed by atoms with Crippen LogP contribution < -0.4 is 0 Å². The summed E-state index contributed by atoms with van der Waals surface area (Å²) in [6, 6.07) is 0. The number of hydrogen-bond donors (Lipinski definition) is 0. The lowest BCUT2D eigenvalue weighted by Gasteiger charge is -2.15. The third-order valence-corrected chi connectivity index (χ3v) is 1.90. The number of hydroxylamine groups is 2. The maximum Gasteiger partial charge on any atom is 0.352 e. The van der Waals surface area contributed by atoms with E-state index in [1.54, 1.807) is 19.0 Å². The van der Waals surface area contributed by atoms with Crippen LogP contribution in [0.2, 0.25) is 0 Å². The smallest absolute Gasteiger partial charge is 0.352 e. The standard InChI is InChI=1S/C11H21NO2/c1-5-7-9-12(4)14-11(13)10(3)8-6-2/h8H,5-7,9H2,1-4H3. The molecule has 0 amide bonds. The summed E-state index contributed by atoms with van der Waals surface area (Å²) in [6.45, 7) is 6.68. The van der Waals surface area contributed by atoms with Crippen LogP contribution in [0, 0.1) is 0 Å². The van der Waals surface area contributed by atoms with Crippen LogP contribution in [0.3, 0.4) is 0 Å². The van der Waals surface area contributed by atoms with Crippen molar-refractivity contribution >= 4 is 5.97 Å². The SMILES string of the molecule is CCC=C(C)C(=O)ON(C)CCCC. The van der Waals surface area contributed by atoms with E-state index in [0.29, 0.717) is 5.57 Å². The minimum Gasteiger partial charge on any atom is -0.364 e. The number of unbranched alkanes of at least 4 members (excludes halogenated alkanes) is 1. The van der Waals surface area contributed by atoms with Crippen LogP contribution in [0.15, 0.2) is 11.6 Å². The molecule has 3 nitrogen and oxygen atoms in total. The first-order valence-corrected chi connectivity index (χ1v) is 5.22. The molecule has 0 atom stereocenters. The normalized spacial score (nSPS) is 11.9. The highest BCUT2D eigenvalue weighted by Gasteiger charge is 2.08. The lowest BCUT2D eigenvalue weighted by Crippen LogP contribution is -2.24. The van der Waals surface area contributed by atoms with Crippen molar-refractivity contribution in [3.05, 3.63) is 11.6 Å². The van der Waals surface area contributed by atoms with Crippen LogP contribution in [-0.4, -0.2) is 24.6 Å². The summed E-state index contributed by atoms with van der Waals surface area (Å²) in [4.78, 5) is 16.5. The number of carbonyl (C=O) groups excluding carboxylic acids is 1. The van der Waals surface area contributed by atoms with Crippen LogP contribution in [0.1, 0.15) is 40.0 Å². The summed E-state index contributed by atoms with van der Waals surface area (Å²) < 4.78 is 0. The molecule has 0 saturated heterocycles. The molecule has 3 heteroatoms. The molecule has 0 aliphatic heterocycles. The van der Waals surface area contributed by atoms with Gasteiger partial charge in [-0.1, -0.05) is 26.3 Å². The summed E-state index contributed by atoms with van der Waals surface area (Å²) in [5.41, 5.74) is 0.677. The molecular weight excluding hydrogens is 178 g/mol. The Labute approximate surface area is 86.7 Å². The average molecular weight is 199 g/mol. The quantitative estimate of drug-likeness (QED) is 0.486. The van der Waals surface area contributed by atoms with E-state index in [1.807, 2.05) is 13.0 Å². The van der Waals surface area contributed by atoms with Gasteiger partial charge < -0.3 is 4.84 Å². The van der Waals surface area contributed by atoms with Crippen LogP contribution in [-0.2, 0) is 9.63 Å². The van der Waals surface area contributed by atoms with Crippen molar-refractivity contribution in [3.63, 3.8) is 0 Å². The monoisotopic (exact) mass is 199 g/mol. The molecule has 0 heterocycles. The zero-order chi connectivity index (χ0) is 11.0. The van der Waals surface area contributed by atoms with Gasteiger partial charge in [-0.15, -0.1) is 5.06 Å². The molecule has 0 radical (unpaired) electrons. The minimum atomic E-state index is -0.245. The molecule has 0 fully saturated rings. The maximum atomic E-state index is 11.4. The van der Waals surface area contributed by atoms with Crippen LogP contribution >= 0.6 is 0 Å². The Morgan fingerprint density at radius 2 is 2.07 bits per heavy atom. The van der Waals surface area contributed by atoms with Gasteiger partial charge >= 0.3 is 5.97 Å². The Hall–Kier alpha value is -0.830. The van der Waals surface area contributed by atoms with Gasteiger partial charge in [0.15, 0.2) is 0 Å². The van der Waals surface area contributed by atoms with E-state index in [0.717, 1.165) is 25.8 Å². The van der Waals surface area contributed by atoms with Crippen molar-refractivity contribution < 1.29 is 9.63 Å². The molecule has 0 aromatic rings. The maximum absolute atomic E-state index is 11.4. The first-order chi connectivity index (χ1) is 6.61. The summed E-state index contributed by atoms with van der Waals surface area (Å²) in [7, 11) is 1.78. The molecule has 0 rings (SSSR count). The fourth-order valence-electron chi connectivity index (χ4n) is 1.03. The van der Waals surface area contributed by atoms with Gasteiger partial charge in [0, 0.05) is 19.2 Å². The van der Waals surface area contributed by atoms with Gasteiger partial charge in [0.1, 0.15) is 0 Å². The van der Waals surface area contributed by atoms with Gasteiger partial charge in [-0.25, -0.2) is 4.79 Å². The number of carbonyl (C=O) groups is 1. The van der Waals surface area contributed by atoms with Crippen molar-refractivity contribution in [3.8, 4) is 0 Å². The van der Waals surface area contributed by atoms with E-state index in [2.05, 4.69) is 6.92 Å². The van der Waals surface area contributed by atoms with Crippen molar-refractivity contribution in [2.45, 2.75) is 40.0 Å². The number of hydrogen-bond acceptors (Lipinski definition) is 3. The molecule has 0 aromatic heterocycles.